The molecule has 1 atom stereocenters. The molecule has 1 N–H and O–H groups in total. The van der Waals surface area contributed by atoms with Crippen LogP contribution < -0.4 is 4.74 Å². The highest BCUT2D eigenvalue weighted by atomic mass is 32.1. The number of pyridine rings is 2. The number of hydrogen-bond acceptors (Lipinski definition) is 7. The van der Waals surface area contributed by atoms with Gasteiger partial charge in [0.15, 0.2) is 11.6 Å². The van der Waals surface area contributed by atoms with Crippen molar-refractivity contribution in [2.45, 2.75) is 44.8 Å². The molecule has 1 aliphatic carbocycles. The monoisotopic (exact) mass is 531 g/mol. The lowest BCUT2D eigenvalue weighted by atomic mass is 10.0. The third-order valence-corrected chi connectivity index (χ3v) is 8.01. The number of hydrogen-bond donors (Lipinski definition) is 1. The molecule has 1 amide bonds. The minimum absolute atomic E-state index is 0.0576. The molecule has 9 heteroatoms. The number of fused-ring (bicyclic) bond motifs is 1. The van der Waals surface area contributed by atoms with Gasteiger partial charge >= 0.3 is 0 Å². The summed E-state index contributed by atoms with van der Waals surface area (Å²) in [6.45, 7) is 0.751. The summed E-state index contributed by atoms with van der Waals surface area (Å²) in [5, 5.41) is 9.69. The van der Waals surface area contributed by atoms with E-state index < -0.39 is 11.9 Å². The number of thiophene rings is 1. The summed E-state index contributed by atoms with van der Waals surface area (Å²) in [4.78, 5) is 35.6. The molecule has 3 aromatic heterocycles. The first-order valence-corrected chi connectivity index (χ1v) is 13.5. The van der Waals surface area contributed by atoms with Gasteiger partial charge in [0.1, 0.15) is 11.5 Å². The van der Waals surface area contributed by atoms with E-state index in [0.29, 0.717) is 42.3 Å². The number of amides is 1. The molecule has 1 aliphatic heterocycles. The molecule has 0 radical (unpaired) electrons. The molecule has 194 valence electrons. The van der Waals surface area contributed by atoms with Gasteiger partial charge in [0, 0.05) is 44.4 Å². The van der Waals surface area contributed by atoms with E-state index in [-0.39, 0.29) is 30.3 Å². The molecule has 0 spiro atoms. The van der Waals surface area contributed by atoms with Crippen molar-refractivity contribution in [1.82, 2.24) is 14.9 Å². The predicted octanol–water partition coefficient (Wildman–Crippen LogP) is 5.29. The van der Waals surface area contributed by atoms with Crippen LogP contribution in [0.15, 0.2) is 54.9 Å². The molecule has 4 aromatic rings. The number of benzene rings is 1. The van der Waals surface area contributed by atoms with Crippen molar-refractivity contribution in [3.63, 3.8) is 0 Å². The van der Waals surface area contributed by atoms with E-state index in [9.17, 15) is 19.1 Å². The van der Waals surface area contributed by atoms with Crippen LogP contribution in [0.2, 0.25) is 0 Å². The summed E-state index contributed by atoms with van der Waals surface area (Å²) in [7, 11) is 0. The molecule has 6 rings (SSSR count). The van der Waals surface area contributed by atoms with Gasteiger partial charge < -0.3 is 14.7 Å². The highest BCUT2D eigenvalue weighted by Gasteiger charge is 2.28. The number of likely N-dealkylation sites (tertiary alicyclic amines) is 1. The third kappa shape index (κ3) is 5.44. The molecule has 1 saturated heterocycles. The van der Waals surface area contributed by atoms with Gasteiger partial charge in [-0.15, -0.1) is 11.3 Å². The molecule has 1 saturated carbocycles. The van der Waals surface area contributed by atoms with Crippen LogP contribution in [0.4, 0.5) is 4.39 Å². The summed E-state index contributed by atoms with van der Waals surface area (Å²) in [5.74, 6) is 0.679. The minimum Gasteiger partial charge on any atom is -0.453 e. The maximum atomic E-state index is 14.9. The van der Waals surface area contributed by atoms with Crippen molar-refractivity contribution >= 4 is 33.2 Å². The highest BCUT2D eigenvalue weighted by Crippen LogP contribution is 2.39. The van der Waals surface area contributed by atoms with E-state index in [1.165, 1.54) is 17.4 Å². The lowest BCUT2D eigenvalue weighted by Gasteiger charge is -2.15. The van der Waals surface area contributed by atoms with Gasteiger partial charge in [0.2, 0.25) is 5.91 Å². The van der Waals surface area contributed by atoms with E-state index in [2.05, 4.69) is 9.97 Å². The minimum atomic E-state index is -0.607. The number of Topliss-reactive ketones (excluding diaryl/α,β-unsaturated/α-hetero) is 1. The first-order valence-electron chi connectivity index (χ1n) is 12.7. The van der Waals surface area contributed by atoms with Gasteiger partial charge in [-0.25, -0.2) is 4.39 Å². The van der Waals surface area contributed by atoms with Crippen LogP contribution in [-0.2, 0) is 22.6 Å². The molecule has 7 nitrogen and oxygen atoms in total. The topological polar surface area (TPSA) is 92.6 Å². The number of ether oxygens (including phenoxy) is 1. The van der Waals surface area contributed by atoms with Gasteiger partial charge in [0.25, 0.3) is 0 Å². The van der Waals surface area contributed by atoms with Crippen LogP contribution >= 0.6 is 11.3 Å². The fourth-order valence-corrected chi connectivity index (χ4v) is 5.75. The zero-order chi connectivity index (χ0) is 26.2. The van der Waals surface area contributed by atoms with Crippen LogP contribution in [-0.4, -0.2) is 44.3 Å². The smallest absolute Gasteiger partial charge is 0.225 e. The molecule has 38 heavy (non-hydrogen) atoms. The summed E-state index contributed by atoms with van der Waals surface area (Å²) >= 11 is 1.45. The second-order valence-corrected chi connectivity index (χ2v) is 11.1. The van der Waals surface area contributed by atoms with E-state index in [4.69, 9.17) is 4.74 Å². The van der Waals surface area contributed by atoms with Gasteiger partial charge in [-0.3, -0.25) is 19.6 Å². The summed E-state index contributed by atoms with van der Waals surface area (Å²) in [5.41, 5.74) is 3.00. The largest absolute Gasteiger partial charge is 0.453 e. The fourth-order valence-electron chi connectivity index (χ4n) is 4.71. The van der Waals surface area contributed by atoms with Crippen LogP contribution in [0.25, 0.3) is 20.8 Å². The molecule has 4 heterocycles. The molecule has 2 fully saturated rings. The summed E-state index contributed by atoms with van der Waals surface area (Å²) in [6.07, 6.45) is 5.96. The third-order valence-electron chi connectivity index (χ3n) is 6.85. The number of nitrogens with zero attached hydrogens (tertiary/aromatic N) is 3. The van der Waals surface area contributed by atoms with Gasteiger partial charge in [-0.05, 0) is 54.2 Å². The molecule has 1 unspecified atom stereocenters. The maximum Gasteiger partial charge on any atom is 0.225 e. The van der Waals surface area contributed by atoms with Crippen LogP contribution in [0.3, 0.4) is 0 Å². The Hall–Kier alpha value is -3.69. The van der Waals surface area contributed by atoms with Gasteiger partial charge in [0.05, 0.1) is 33.3 Å². The molecular weight excluding hydrogens is 505 g/mol. The van der Waals surface area contributed by atoms with Crippen molar-refractivity contribution < 1.29 is 23.8 Å². The number of aliphatic hydroxyl groups excluding tert-OH is 1. The second kappa shape index (κ2) is 10.2. The van der Waals surface area contributed by atoms with Crippen molar-refractivity contribution in [2.75, 3.05) is 6.54 Å². The molecule has 1 aromatic carbocycles. The van der Waals surface area contributed by atoms with E-state index in [1.54, 1.807) is 35.5 Å². The normalized spacial score (nSPS) is 17.4. The van der Waals surface area contributed by atoms with E-state index in [0.717, 1.165) is 33.7 Å². The van der Waals surface area contributed by atoms with Crippen LogP contribution in [0.5, 0.6) is 11.5 Å². The SMILES string of the molecule is O=C(Cc1ccc(Oc2ccnc3cc(-c4ccc(CN5CC(O)CC5=O)cn4)sc23)c(F)c1)CC1CC1. The second-order valence-electron chi connectivity index (χ2n) is 10.0. The lowest BCUT2D eigenvalue weighted by Crippen LogP contribution is -2.25. The zero-order valence-electron chi connectivity index (χ0n) is 20.6. The Morgan fingerprint density at radius 1 is 1.11 bits per heavy atom. The Bertz CT molecular complexity index is 1520. The Labute approximate surface area is 222 Å². The van der Waals surface area contributed by atoms with Gasteiger partial charge in [-0.1, -0.05) is 12.1 Å². The van der Waals surface area contributed by atoms with Gasteiger partial charge in [-0.2, -0.15) is 0 Å². The van der Waals surface area contributed by atoms with Crippen molar-refractivity contribution in [2.24, 2.45) is 5.92 Å². The van der Waals surface area contributed by atoms with E-state index in [1.807, 2.05) is 18.2 Å². The fraction of sp³-hybridized carbons (Fsp3) is 0.310. The zero-order valence-corrected chi connectivity index (χ0v) is 21.4. The molecule has 2 aliphatic rings. The number of β-amino-alcohol motifs (C(OH)–C–C–N with tert-alkyl or cyclic N) is 1. The maximum absolute atomic E-state index is 14.9. The number of halogens is 1. The Morgan fingerprint density at radius 3 is 2.66 bits per heavy atom. The average Bonchev–Trinajstić information content (AvgIpc) is 3.49. The summed E-state index contributed by atoms with van der Waals surface area (Å²) in [6, 6.07) is 12.1. The first-order chi connectivity index (χ1) is 18.4. The highest BCUT2D eigenvalue weighted by molar-refractivity contribution is 7.22. The standard InChI is InChI=1S/C29H26FN3O4S/c30-22-11-18(10-20(34)9-17-1-2-17)4-6-25(22)37-26-7-8-31-24-13-27(38-29(24)26)23-5-3-19(14-32-23)15-33-16-21(35)12-28(33)36/h3-8,11,13-14,17,21,35H,1-2,9-10,12,15-16H2. The number of aromatic nitrogens is 2. The van der Waals surface area contributed by atoms with Crippen LogP contribution in [0, 0.1) is 11.7 Å². The Kier molecular flexibility index (Phi) is 6.63. The summed E-state index contributed by atoms with van der Waals surface area (Å²) < 4.78 is 21.6. The predicted molar refractivity (Wildman–Crippen MR) is 141 cm³/mol. The quantitative estimate of drug-likeness (QED) is 0.315. The average molecular weight is 532 g/mol. The van der Waals surface area contributed by atoms with Crippen molar-refractivity contribution in [3.05, 3.63) is 71.8 Å². The van der Waals surface area contributed by atoms with Crippen LogP contribution in [0.1, 0.15) is 36.8 Å². The Morgan fingerprint density at radius 2 is 1.95 bits per heavy atom. The van der Waals surface area contributed by atoms with Crippen molar-refractivity contribution in [3.8, 4) is 22.1 Å². The number of ketones is 1. The number of rotatable bonds is 9. The lowest BCUT2D eigenvalue weighted by molar-refractivity contribution is -0.128. The molecular formula is C29H26FN3O4S. The van der Waals surface area contributed by atoms with Crippen molar-refractivity contribution in [1.29, 1.82) is 0 Å². The number of aliphatic hydroxyl groups is 1. The number of carbonyl (C=O) groups is 2. The number of carbonyl (C=O) groups excluding carboxylic acids is 2. The molecule has 0 bridgehead atoms. The van der Waals surface area contributed by atoms with E-state index >= 15 is 0 Å². The first kappa shape index (κ1) is 24.6. The Balaban J connectivity index is 1.17.